The van der Waals surface area contributed by atoms with Gasteiger partial charge in [0.25, 0.3) is 0 Å². The predicted molar refractivity (Wildman–Crippen MR) is 71.4 cm³/mol. The highest BCUT2D eigenvalue weighted by molar-refractivity contribution is 7.89. The van der Waals surface area contributed by atoms with Gasteiger partial charge in [-0.25, -0.2) is 12.8 Å². The Labute approximate surface area is 113 Å². The molecule has 19 heavy (non-hydrogen) atoms. The van der Waals surface area contributed by atoms with E-state index in [0.717, 1.165) is 12.8 Å². The molecular formula is C13H19FN2O2S. The highest BCUT2D eigenvalue weighted by atomic mass is 32.2. The number of nitrogens with two attached hydrogens (primary N) is 1. The van der Waals surface area contributed by atoms with Gasteiger partial charge in [-0.3, -0.25) is 0 Å². The Hall–Kier alpha value is -0.980. The molecule has 106 valence electrons. The van der Waals surface area contributed by atoms with Crippen LogP contribution >= 0.6 is 0 Å². The number of hydrogen-bond acceptors (Lipinski definition) is 3. The van der Waals surface area contributed by atoms with E-state index in [4.69, 9.17) is 5.73 Å². The molecule has 1 saturated heterocycles. The molecule has 1 unspecified atom stereocenters. The Kier molecular flexibility index (Phi) is 4.23. The van der Waals surface area contributed by atoms with Gasteiger partial charge < -0.3 is 5.73 Å². The Morgan fingerprint density at radius 1 is 1.47 bits per heavy atom. The summed E-state index contributed by atoms with van der Waals surface area (Å²) in [6, 6.07) is 4.07. The number of hydrogen-bond donors (Lipinski definition) is 1. The largest absolute Gasteiger partial charge is 0.326 e. The summed E-state index contributed by atoms with van der Waals surface area (Å²) in [5.74, 6) is -0.343. The lowest BCUT2D eigenvalue weighted by Gasteiger charge is -2.17. The van der Waals surface area contributed by atoms with Crippen LogP contribution in [0.15, 0.2) is 23.1 Å². The van der Waals surface area contributed by atoms with Gasteiger partial charge in [0.1, 0.15) is 10.7 Å². The predicted octanol–water partition coefficient (Wildman–Crippen LogP) is 1.71. The minimum Gasteiger partial charge on any atom is -0.326 e. The third kappa shape index (κ3) is 2.80. The lowest BCUT2D eigenvalue weighted by molar-refractivity contribution is 0.448. The second-order valence-corrected chi connectivity index (χ2v) is 6.80. The summed E-state index contributed by atoms with van der Waals surface area (Å²) in [6.45, 7) is 3.19. The van der Waals surface area contributed by atoms with E-state index in [0.29, 0.717) is 24.6 Å². The van der Waals surface area contributed by atoms with Gasteiger partial charge in [-0.05, 0) is 30.0 Å². The first-order chi connectivity index (χ1) is 8.98. The molecule has 1 aromatic rings. The molecule has 6 heteroatoms. The van der Waals surface area contributed by atoms with Gasteiger partial charge >= 0.3 is 0 Å². The molecule has 0 radical (unpaired) electrons. The third-order valence-electron chi connectivity index (χ3n) is 3.68. The summed E-state index contributed by atoms with van der Waals surface area (Å²) >= 11 is 0. The van der Waals surface area contributed by atoms with Crippen LogP contribution in [-0.4, -0.2) is 25.8 Å². The van der Waals surface area contributed by atoms with Crippen LogP contribution < -0.4 is 5.73 Å². The molecule has 2 rings (SSSR count). The second-order valence-electron chi connectivity index (χ2n) is 4.89. The number of halogens is 1. The Morgan fingerprint density at radius 3 is 2.74 bits per heavy atom. The molecule has 1 heterocycles. The van der Waals surface area contributed by atoms with Crippen LogP contribution in [0.2, 0.25) is 0 Å². The van der Waals surface area contributed by atoms with Crippen LogP contribution in [-0.2, 0) is 16.6 Å². The van der Waals surface area contributed by atoms with Gasteiger partial charge in [0.15, 0.2) is 0 Å². The summed E-state index contributed by atoms with van der Waals surface area (Å²) in [6.07, 6.45) is 1.79. The van der Waals surface area contributed by atoms with Crippen molar-refractivity contribution in [2.75, 3.05) is 13.1 Å². The van der Waals surface area contributed by atoms with Gasteiger partial charge in [-0.1, -0.05) is 19.4 Å². The SMILES string of the molecule is CCC1CCN(S(=O)(=O)c2ccc(CN)cc2F)C1. The van der Waals surface area contributed by atoms with E-state index >= 15 is 0 Å². The van der Waals surface area contributed by atoms with Crippen LogP contribution in [0.5, 0.6) is 0 Å². The number of benzene rings is 1. The monoisotopic (exact) mass is 286 g/mol. The molecule has 1 aliphatic heterocycles. The van der Waals surface area contributed by atoms with Gasteiger partial charge in [-0.2, -0.15) is 4.31 Å². The van der Waals surface area contributed by atoms with Crippen LogP contribution in [0.4, 0.5) is 4.39 Å². The lowest BCUT2D eigenvalue weighted by Crippen LogP contribution is -2.29. The maximum Gasteiger partial charge on any atom is 0.245 e. The van der Waals surface area contributed by atoms with E-state index in [1.807, 2.05) is 6.92 Å². The maximum absolute atomic E-state index is 13.9. The average Bonchev–Trinajstić information content (AvgIpc) is 2.87. The fourth-order valence-corrected chi connectivity index (χ4v) is 3.94. The van der Waals surface area contributed by atoms with Crippen LogP contribution in [0, 0.1) is 11.7 Å². The lowest BCUT2D eigenvalue weighted by atomic mass is 10.1. The topological polar surface area (TPSA) is 63.4 Å². The first-order valence-corrected chi connectivity index (χ1v) is 7.91. The molecule has 1 atom stereocenters. The van der Waals surface area contributed by atoms with Crippen molar-refractivity contribution in [3.63, 3.8) is 0 Å². The number of sulfonamides is 1. The smallest absolute Gasteiger partial charge is 0.245 e. The summed E-state index contributed by atoms with van der Waals surface area (Å²) in [5, 5.41) is 0. The van der Waals surface area contributed by atoms with Gasteiger partial charge in [0.05, 0.1) is 0 Å². The molecule has 0 bridgehead atoms. The van der Waals surface area contributed by atoms with Gasteiger partial charge in [0.2, 0.25) is 10.0 Å². The van der Waals surface area contributed by atoms with E-state index in [9.17, 15) is 12.8 Å². The first kappa shape index (κ1) is 14.4. The minimum atomic E-state index is -3.72. The molecule has 0 aromatic heterocycles. The van der Waals surface area contributed by atoms with Crippen LogP contribution in [0.3, 0.4) is 0 Å². The third-order valence-corrected chi connectivity index (χ3v) is 5.57. The number of nitrogens with zero attached hydrogens (tertiary/aromatic N) is 1. The molecule has 0 amide bonds. The highest BCUT2D eigenvalue weighted by Crippen LogP contribution is 2.27. The summed E-state index contributed by atoms with van der Waals surface area (Å²) in [7, 11) is -3.72. The van der Waals surface area contributed by atoms with E-state index in [1.54, 1.807) is 6.07 Å². The summed E-state index contributed by atoms with van der Waals surface area (Å²) in [4.78, 5) is -0.249. The van der Waals surface area contributed by atoms with E-state index in [1.165, 1.54) is 16.4 Å². The molecule has 0 aliphatic carbocycles. The molecule has 2 N–H and O–H groups in total. The van der Waals surface area contributed by atoms with Gasteiger partial charge in [-0.15, -0.1) is 0 Å². The Morgan fingerprint density at radius 2 is 2.21 bits per heavy atom. The molecule has 4 nitrogen and oxygen atoms in total. The summed E-state index contributed by atoms with van der Waals surface area (Å²) < 4.78 is 40.0. The fraction of sp³-hybridized carbons (Fsp3) is 0.538. The molecule has 0 spiro atoms. The fourth-order valence-electron chi connectivity index (χ4n) is 2.37. The molecule has 0 saturated carbocycles. The zero-order valence-electron chi connectivity index (χ0n) is 11.0. The molecular weight excluding hydrogens is 267 g/mol. The average molecular weight is 286 g/mol. The van der Waals surface area contributed by atoms with Crippen LogP contribution in [0.1, 0.15) is 25.3 Å². The van der Waals surface area contributed by atoms with E-state index in [2.05, 4.69) is 0 Å². The van der Waals surface area contributed by atoms with Crippen molar-refractivity contribution in [3.05, 3.63) is 29.6 Å². The van der Waals surface area contributed by atoms with E-state index in [-0.39, 0.29) is 11.4 Å². The Balaban J connectivity index is 2.30. The van der Waals surface area contributed by atoms with Crippen molar-refractivity contribution in [1.29, 1.82) is 0 Å². The van der Waals surface area contributed by atoms with E-state index < -0.39 is 15.8 Å². The standard InChI is InChI=1S/C13H19FN2O2S/c1-2-10-5-6-16(9-10)19(17,18)13-4-3-11(8-15)7-12(13)14/h3-4,7,10H,2,5-6,8-9,15H2,1H3. The zero-order valence-corrected chi connectivity index (χ0v) is 11.8. The first-order valence-electron chi connectivity index (χ1n) is 6.47. The van der Waals surface area contributed by atoms with Crippen molar-refractivity contribution in [2.45, 2.75) is 31.2 Å². The van der Waals surface area contributed by atoms with Crippen molar-refractivity contribution in [1.82, 2.24) is 4.31 Å². The normalized spacial score (nSPS) is 20.9. The second kappa shape index (κ2) is 5.56. The number of rotatable bonds is 4. The van der Waals surface area contributed by atoms with Crippen molar-refractivity contribution in [3.8, 4) is 0 Å². The minimum absolute atomic E-state index is 0.193. The maximum atomic E-state index is 13.9. The molecule has 1 fully saturated rings. The van der Waals surface area contributed by atoms with Crippen molar-refractivity contribution < 1.29 is 12.8 Å². The summed E-state index contributed by atoms with van der Waals surface area (Å²) in [5.41, 5.74) is 6.00. The van der Waals surface area contributed by atoms with Crippen molar-refractivity contribution >= 4 is 10.0 Å². The van der Waals surface area contributed by atoms with Crippen molar-refractivity contribution in [2.24, 2.45) is 11.7 Å². The molecule has 1 aromatic carbocycles. The zero-order chi connectivity index (χ0) is 14.0. The quantitative estimate of drug-likeness (QED) is 0.916. The van der Waals surface area contributed by atoms with Gasteiger partial charge in [0, 0.05) is 19.6 Å². The Bertz CT molecular complexity index is 560. The highest BCUT2D eigenvalue weighted by Gasteiger charge is 2.33. The molecule has 1 aliphatic rings. The van der Waals surface area contributed by atoms with Crippen LogP contribution in [0.25, 0.3) is 0 Å².